The molecule has 0 radical (unpaired) electrons. The molecule has 1 aliphatic heterocycles. The molecule has 2 rings (SSSR count). The van der Waals surface area contributed by atoms with Gasteiger partial charge in [-0.1, -0.05) is 6.92 Å². The first-order chi connectivity index (χ1) is 5.29. The predicted octanol–water partition coefficient (Wildman–Crippen LogP) is 0.816. The van der Waals surface area contributed by atoms with E-state index in [9.17, 15) is 0 Å². The summed E-state index contributed by atoms with van der Waals surface area (Å²) in [6.07, 6.45) is 2.24. The zero-order chi connectivity index (χ0) is 7.84. The minimum absolute atomic E-state index is 0.466. The van der Waals surface area contributed by atoms with Crippen molar-refractivity contribution in [2.24, 2.45) is 5.92 Å². The molecule has 0 unspecified atom stereocenters. The molecule has 0 aromatic carbocycles. The molecular formula is C7H12N4. The van der Waals surface area contributed by atoms with Gasteiger partial charge < -0.3 is 0 Å². The van der Waals surface area contributed by atoms with E-state index in [1.807, 2.05) is 4.68 Å². The van der Waals surface area contributed by atoms with Crippen molar-refractivity contribution in [2.75, 3.05) is 0 Å². The summed E-state index contributed by atoms with van der Waals surface area (Å²) >= 11 is 0. The van der Waals surface area contributed by atoms with Crippen LogP contribution in [-0.2, 0) is 6.42 Å². The summed E-state index contributed by atoms with van der Waals surface area (Å²) in [6, 6.07) is 0.466. The zero-order valence-corrected chi connectivity index (χ0v) is 6.86. The van der Waals surface area contributed by atoms with Gasteiger partial charge in [0.1, 0.15) is 0 Å². The van der Waals surface area contributed by atoms with Crippen molar-refractivity contribution in [3.05, 3.63) is 5.82 Å². The van der Waals surface area contributed by atoms with E-state index in [2.05, 4.69) is 29.4 Å². The molecule has 0 saturated heterocycles. The van der Waals surface area contributed by atoms with Crippen LogP contribution in [0.4, 0.5) is 0 Å². The monoisotopic (exact) mass is 152 g/mol. The molecular weight excluding hydrogens is 140 g/mol. The van der Waals surface area contributed by atoms with Gasteiger partial charge >= 0.3 is 0 Å². The van der Waals surface area contributed by atoms with E-state index >= 15 is 0 Å². The van der Waals surface area contributed by atoms with Crippen LogP contribution in [0, 0.1) is 5.92 Å². The van der Waals surface area contributed by atoms with Crippen LogP contribution in [0.3, 0.4) is 0 Å². The van der Waals surface area contributed by atoms with Crippen molar-refractivity contribution in [3.63, 3.8) is 0 Å². The maximum absolute atomic E-state index is 3.94. The number of hydrogen-bond donors (Lipinski definition) is 0. The van der Waals surface area contributed by atoms with Gasteiger partial charge in [0.15, 0.2) is 5.82 Å². The van der Waals surface area contributed by atoms with Crippen LogP contribution in [-0.4, -0.2) is 20.2 Å². The number of fused-ring (bicyclic) bond motifs is 1. The molecule has 4 heteroatoms. The molecule has 1 aromatic heterocycles. The Labute approximate surface area is 65.6 Å². The van der Waals surface area contributed by atoms with Crippen LogP contribution in [0.25, 0.3) is 0 Å². The second-order valence-corrected chi connectivity index (χ2v) is 3.30. The van der Waals surface area contributed by atoms with E-state index in [1.165, 1.54) is 6.42 Å². The third-order valence-corrected chi connectivity index (χ3v) is 2.59. The van der Waals surface area contributed by atoms with Crippen molar-refractivity contribution < 1.29 is 0 Å². The zero-order valence-electron chi connectivity index (χ0n) is 6.86. The molecule has 11 heavy (non-hydrogen) atoms. The van der Waals surface area contributed by atoms with E-state index in [1.54, 1.807) is 0 Å². The summed E-state index contributed by atoms with van der Waals surface area (Å²) in [7, 11) is 0. The highest BCUT2D eigenvalue weighted by molar-refractivity contribution is 4.90. The van der Waals surface area contributed by atoms with Crippen LogP contribution >= 0.6 is 0 Å². The fourth-order valence-electron chi connectivity index (χ4n) is 1.53. The quantitative estimate of drug-likeness (QED) is 0.552. The molecule has 0 N–H and O–H groups in total. The number of hydrogen-bond acceptors (Lipinski definition) is 3. The number of aryl methyl sites for hydroxylation is 1. The average Bonchev–Trinajstić information content (AvgIpc) is 2.45. The highest BCUT2D eigenvalue weighted by Gasteiger charge is 2.24. The summed E-state index contributed by atoms with van der Waals surface area (Å²) in [5.74, 6) is 1.74. The molecule has 0 saturated carbocycles. The second kappa shape index (κ2) is 2.29. The summed E-state index contributed by atoms with van der Waals surface area (Å²) < 4.78 is 1.94. The highest BCUT2D eigenvalue weighted by Crippen LogP contribution is 2.26. The van der Waals surface area contributed by atoms with E-state index in [0.717, 1.165) is 12.2 Å². The van der Waals surface area contributed by atoms with Gasteiger partial charge in [-0.3, -0.25) is 0 Å². The normalized spacial score (nSPS) is 30.0. The lowest BCUT2D eigenvalue weighted by molar-refractivity contribution is 0.285. The van der Waals surface area contributed by atoms with E-state index in [-0.39, 0.29) is 0 Å². The van der Waals surface area contributed by atoms with Gasteiger partial charge in [0.05, 0.1) is 6.04 Å². The first-order valence-corrected chi connectivity index (χ1v) is 4.06. The molecule has 0 aliphatic carbocycles. The molecule has 4 nitrogen and oxygen atoms in total. The van der Waals surface area contributed by atoms with Crippen LogP contribution in [0.2, 0.25) is 0 Å². The van der Waals surface area contributed by atoms with Crippen LogP contribution < -0.4 is 0 Å². The SMILES string of the molecule is C[C@@H]1[C@@H](C)CCc2nnnn21. The van der Waals surface area contributed by atoms with E-state index < -0.39 is 0 Å². The Morgan fingerprint density at radius 2 is 2.27 bits per heavy atom. The molecule has 0 amide bonds. The summed E-state index contributed by atoms with van der Waals surface area (Å²) in [6.45, 7) is 4.42. The smallest absolute Gasteiger partial charge is 0.151 e. The second-order valence-electron chi connectivity index (χ2n) is 3.30. The minimum Gasteiger partial charge on any atom is -0.227 e. The lowest BCUT2D eigenvalue weighted by Crippen LogP contribution is -2.23. The van der Waals surface area contributed by atoms with Gasteiger partial charge in [0.25, 0.3) is 0 Å². The van der Waals surface area contributed by atoms with Gasteiger partial charge in [-0.2, -0.15) is 0 Å². The number of tetrazole rings is 1. The third kappa shape index (κ3) is 0.931. The molecule has 0 bridgehead atoms. The van der Waals surface area contributed by atoms with Gasteiger partial charge in [0.2, 0.25) is 0 Å². The van der Waals surface area contributed by atoms with Crippen molar-refractivity contribution in [3.8, 4) is 0 Å². The standard InChI is InChI=1S/C7H12N4/c1-5-3-4-7-8-9-10-11(7)6(5)2/h5-6H,3-4H2,1-2H3/t5-,6+/m0/s1. The number of aromatic nitrogens is 4. The van der Waals surface area contributed by atoms with Crippen LogP contribution in [0.15, 0.2) is 0 Å². The molecule has 1 aliphatic rings. The fraction of sp³-hybridized carbons (Fsp3) is 0.857. The average molecular weight is 152 g/mol. The van der Waals surface area contributed by atoms with Crippen molar-refractivity contribution in [1.82, 2.24) is 20.2 Å². The summed E-state index contributed by atoms with van der Waals surface area (Å²) in [5.41, 5.74) is 0. The van der Waals surface area contributed by atoms with Crippen LogP contribution in [0.1, 0.15) is 32.1 Å². The minimum atomic E-state index is 0.466. The van der Waals surface area contributed by atoms with E-state index in [0.29, 0.717) is 12.0 Å². The predicted molar refractivity (Wildman–Crippen MR) is 40.0 cm³/mol. The first kappa shape index (κ1) is 6.76. The Kier molecular flexibility index (Phi) is 1.41. The van der Waals surface area contributed by atoms with Gasteiger partial charge in [-0.25, -0.2) is 4.68 Å². The number of nitrogens with zero attached hydrogens (tertiary/aromatic N) is 4. The van der Waals surface area contributed by atoms with Gasteiger partial charge in [-0.15, -0.1) is 5.10 Å². The largest absolute Gasteiger partial charge is 0.227 e. The van der Waals surface area contributed by atoms with Crippen molar-refractivity contribution in [1.29, 1.82) is 0 Å². The lowest BCUT2D eigenvalue weighted by atomic mass is 9.94. The Hall–Kier alpha value is -0.930. The van der Waals surface area contributed by atoms with Crippen molar-refractivity contribution in [2.45, 2.75) is 32.7 Å². The maximum atomic E-state index is 3.94. The third-order valence-electron chi connectivity index (χ3n) is 2.59. The highest BCUT2D eigenvalue weighted by atomic mass is 15.6. The lowest BCUT2D eigenvalue weighted by Gasteiger charge is -2.25. The fourth-order valence-corrected chi connectivity index (χ4v) is 1.53. The Balaban J connectivity index is 2.38. The Morgan fingerprint density at radius 1 is 1.45 bits per heavy atom. The van der Waals surface area contributed by atoms with Gasteiger partial charge in [0, 0.05) is 6.42 Å². The summed E-state index contributed by atoms with van der Waals surface area (Å²) in [5, 5.41) is 11.5. The van der Waals surface area contributed by atoms with Crippen LogP contribution in [0.5, 0.6) is 0 Å². The molecule has 1 aromatic rings. The molecule has 0 fully saturated rings. The van der Waals surface area contributed by atoms with Gasteiger partial charge in [-0.05, 0) is 29.7 Å². The first-order valence-electron chi connectivity index (χ1n) is 4.06. The van der Waals surface area contributed by atoms with E-state index in [4.69, 9.17) is 0 Å². The molecule has 2 heterocycles. The Bertz CT molecular complexity index is 255. The molecule has 2 atom stereocenters. The summed E-state index contributed by atoms with van der Waals surface area (Å²) in [4.78, 5) is 0. The Morgan fingerprint density at radius 3 is 3.09 bits per heavy atom. The molecule has 60 valence electrons. The topological polar surface area (TPSA) is 43.6 Å². The maximum Gasteiger partial charge on any atom is 0.151 e. The molecule has 0 spiro atoms. The number of rotatable bonds is 0. The van der Waals surface area contributed by atoms with Crippen molar-refractivity contribution >= 4 is 0 Å².